The van der Waals surface area contributed by atoms with Gasteiger partial charge >= 0.3 is 5.97 Å². The fraction of sp³-hybridized carbons (Fsp3) is 0.636. The largest absolute Gasteiger partial charge is 0.465 e. The monoisotopic (exact) mass is 412 g/mol. The lowest BCUT2D eigenvalue weighted by Crippen LogP contribution is -2.42. The van der Waals surface area contributed by atoms with Gasteiger partial charge in [-0.05, 0) is 50.3 Å². The second kappa shape index (κ2) is 10.3. The van der Waals surface area contributed by atoms with Gasteiger partial charge in [0.1, 0.15) is 5.41 Å². The standard InChI is InChI=1S/C22H30F2O5/c1-3-19(26)15(13-25)11-16(14-7-8-17(23)18(24)12-14)20(27)22(9-5-6-10-22)21(28)29-4-2/h7-8,12,15-16,19,25-26H,3-6,9-11,13H2,1-2H3. The Balaban J connectivity index is 2.48. The lowest BCUT2D eigenvalue weighted by Gasteiger charge is -2.32. The SMILES string of the molecule is CCOC(=O)C1(C(=O)C(CC(CO)C(O)CC)c2ccc(F)c(F)c2)CCCC1. The van der Waals surface area contributed by atoms with E-state index in [2.05, 4.69) is 0 Å². The van der Waals surface area contributed by atoms with Crippen molar-refractivity contribution >= 4 is 11.8 Å². The number of hydrogen-bond donors (Lipinski definition) is 2. The van der Waals surface area contributed by atoms with E-state index in [1.165, 1.54) is 6.07 Å². The maximum absolute atomic E-state index is 13.9. The van der Waals surface area contributed by atoms with E-state index in [9.17, 15) is 28.6 Å². The molecule has 0 spiro atoms. The van der Waals surface area contributed by atoms with Crippen LogP contribution in [-0.4, -0.2) is 41.3 Å². The highest BCUT2D eigenvalue weighted by Crippen LogP contribution is 2.45. The van der Waals surface area contributed by atoms with Crippen molar-refractivity contribution in [2.75, 3.05) is 13.2 Å². The van der Waals surface area contributed by atoms with Crippen LogP contribution in [0.15, 0.2) is 18.2 Å². The second-order valence-electron chi connectivity index (χ2n) is 7.75. The number of ether oxygens (including phenoxy) is 1. The smallest absolute Gasteiger partial charge is 0.319 e. The fourth-order valence-electron chi connectivity index (χ4n) is 4.25. The van der Waals surface area contributed by atoms with Crippen LogP contribution in [0.3, 0.4) is 0 Å². The quantitative estimate of drug-likeness (QED) is 0.454. The summed E-state index contributed by atoms with van der Waals surface area (Å²) >= 11 is 0. The molecule has 1 aliphatic carbocycles. The van der Waals surface area contributed by atoms with Gasteiger partial charge in [-0.3, -0.25) is 9.59 Å². The first-order valence-electron chi connectivity index (χ1n) is 10.3. The minimum atomic E-state index is -1.33. The van der Waals surface area contributed by atoms with Gasteiger partial charge < -0.3 is 14.9 Å². The van der Waals surface area contributed by atoms with Gasteiger partial charge in [0, 0.05) is 18.4 Å². The molecule has 7 heteroatoms. The maximum atomic E-state index is 13.9. The predicted molar refractivity (Wildman–Crippen MR) is 103 cm³/mol. The zero-order valence-corrected chi connectivity index (χ0v) is 17.0. The van der Waals surface area contributed by atoms with Crippen molar-refractivity contribution < 1.29 is 33.3 Å². The number of esters is 1. The molecule has 1 saturated carbocycles. The zero-order chi connectivity index (χ0) is 21.6. The summed E-state index contributed by atoms with van der Waals surface area (Å²) in [5.74, 6) is -4.73. The van der Waals surface area contributed by atoms with Crippen LogP contribution in [-0.2, 0) is 14.3 Å². The Bertz CT molecular complexity index is 715. The summed E-state index contributed by atoms with van der Waals surface area (Å²) in [5, 5.41) is 19.9. The third kappa shape index (κ3) is 5.01. The molecule has 0 radical (unpaired) electrons. The number of carbonyl (C=O) groups is 2. The molecule has 162 valence electrons. The van der Waals surface area contributed by atoms with Gasteiger partial charge in [0.25, 0.3) is 0 Å². The summed E-state index contributed by atoms with van der Waals surface area (Å²) in [6, 6.07) is 3.22. The number of ketones is 1. The third-order valence-electron chi connectivity index (χ3n) is 5.99. The predicted octanol–water partition coefficient (Wildman–Crippen LogP) is 3.51. The van der Waals surface area contributed by atoms with Gasteiger partial charge in [0.2, 0.25) is 0 Å². The highest BCUT2D eigenvalue weighted by molar-refractivity contribution is 6.07. The molecule has 0 bridgehead atoms. The van der Waals surface area contributed by atoms with E-state index in [4.69, 9.17) is 4.74 Å². The van der Waals surface area contributed by atoms with E-state index in [1.54, 1.807) is 13.8 Å². The molecule has 0 saturated heterocycles. The lowest BCUT2D eigenvalue weighted by atomic mass is 9.71. The van der Waals surface area contributed by atoms with Gasteiger partial charge in [-0.1, -0.05) is 25.8 Å². The highest BCUT2D eigenvalue weighted by atomic mass is 19.2. The van der Waals surface area contributed by atoms with Gasteiger partial charge in [0.15, 0.2) is 17.4 Å². The molecule has 1 aliphatic rings. The molecule has 0 heterocycles. The number of carbonyl (C=O) groups excluding carboxylic acids is 2. The molecule has 29 heavy (non-hydrogen) atoms. The molecule has 0 amide bonds. The van der Waals surface area contributed by atoms with Gasteiger partial charge in [-0.2, -0.15) is 0 Å². The Kier molecular flexibility index (Phi) is 8.28. The Morgan fingerprint density at radius 2 is 1.83 bits per heavy atom. The first kappa shape index (κ1) is 23.4. The molecule has 1 fully saturated rings. The van der Waals surface area contributed by atoms with Crippen molar-refractivity contribution in [3.8, 4) is 0 Å². The average molecular weight is 412 g/mol. The molecular weight excluding hydrogens is 382 g/mol. The van der Waals surface area contributed by atoms with Crippen LogP contribution in [0.1, 0.15) is 63.9 Å². The van der Waals surface area contributed by atoms with Crippen molar-refractivity contribution in [2.45, 2.75) is 64.4 Å². The van der Waals surface area contributed by atoms with Crippen LogP contribution in [0.25, 0.3) is 0 Å². The maximum Gasteiger partial charge on any atom is 0.319 e. The number of benzene rings is 1. The summed E-state index contributed by atoms with van der Waals surface area (Å²) in [6.45, 7) is 3.18. The van der Waals surface area contributed by atoms with Crippen LogP contribution >= 0.6 is 0 Å². The van der Waals surface area contributed by atoms with Gasteiger partial charge in [-0.25, -0.2) is 8.78 Å². The van der Waals surface area contributed by atoms with Crippen molar-refractivity contribution in [3.05, 3.63) is 35.4 Å². The summed E-state index contributed by atoms with van der Waals surface area (Å²) < 4.78 is 32.6. The fourth-order valence-corrected chi connectivity index (χ4v) is 4.25. The summed E-state index contributed by atoms with van der Waals surface area (Å²) in [5.41, 5.74) is -1.10. The molecule has 3 unspecified atom stereocenters. The van der Waals surface area contributed by atoms with E-state index in [-0.39, 0.29) is 25.2 Å². The summed E-state index contributed by atoms with van der Waals surface area (Å²) in [4.78, 5) is 26.4. The van der Waals surface area contributed by atoms with Crippen molar-refractivity contribution in [1.29, 1.82) is 0 Å². The number of aliphatic hydroxyl groups is 2. The third-order valence-corrected chi connectivity index (χ3v) is 5.99. The van der Waals surface area contributed by atoms with E-state index in [0.717, 1.165) is 12.1 Å². The van der Waals surface area contributed by atoms with E-state index in [0.29, 0.717) is 32.1 Å². The highest BCUT2D eigenvalue weighted by Gasteiger charge is 2.51. The van der Waals surface area contributed by atoms with Crippen molar-refractivity contribution in [1.82, 2.24) is 0 Å². The first-order valence-corrected chi connectivity index (χ1v) is 10.3. The van der Waals surface area contributed by atoms with E-state index in [1.807, 2.05) is 0 Å². The topological polar surface area (TPSA) is 83.8 Å². The van der Waals surface area contributed by atoms with Gasteiger partial charge in [0.05, 0.1) is 12.7 Å². The van der Waals surface area contributed by atoms with Crippen molar-refractivity contribution in [2.24, 2.45) is 11.3 Å². The van der Waals surface area contributed by atoms with Crippen LogP contribution in [0.5, 0.6) is 0 Å². The molecule has 0 aromatic heterocycles. The molecule has 1 aromatic carbocycles. The summed E-state index contributed by atoms with van der Waals surface area (Å²) in [7, 11) is 0. The average Bonchev–Trinajstić information content (AvgIpc) is 3.21. The lowest BCUT2D eigenvalue weighted by molar-refractivity contribution is -0.160. The zero-order valence-electron chi connectivity index (χ0n) is 17.0. The van der Waals surface area contributed by atoms with Crippen molar-refractivity contribution in [3.63, 3.8) is 0 Å². The number of aliphatic hydroxyl groups excluding tert-OH is 2. The Hall–Kier alpha value is -1.86. The van der Waals surface area contributed by atoms with Gasteiger partial charge in [-0.15, -0.1) is 0 Å². The normalized spacial score (nSPS) is 18.8. The summed E-state index contributed by atoms with van der Waals surface area (Å²) in [6.07, 6.45) is 1.59. The number of halogens is 2. The van der Waals surface area contributed by atoms with E-state index < -0.39 is 46.7 Å². The van der Waals surface area contributed by atoms with E-state index >= 15 is 0 Å². The number of Topliss-reactive ketones (excluding diaryl/α,β-unsaturated/α-hetero) is 1. The first-order chi connectivity index (χ1) is 13.8. The minimum absolute atomic E-state index is 0.0244. The number of hydrogen-bond acceptors (Lipinski definition) is 5. The molecule has 0 aliphatic heterocycles. The van der Waals surface area contributed by atoms with Crippen LogP contribution in [0.4, 0.5) is 8.78 Å². The Morgan fingerprint density at radius 1 is 1.17 bits per heavy atom. The van der Waals surface area contributed by atoms with Crippen LogP contribution < -0.4 is 0 Å². The molecule has 5 nitrogen and oxygen atoms in total. The molecule has 3 atom stereocenters. The molecule has 1 aromatic rings. The van der Waals surface area contributed by atoms with Crippen LogP contribution in [0.2, 0.25) is 0 Å². The Morgan fingerprint density at radius 3 is 2.34 bits per heavy atom. The van der Waals surface area contributed by atoms with Crippen LogP contribution in [0, 0.1) is 23.0 Å². The minimum Gasteiger partial charge on any atom is -0.465 e. The molecule has 2 rings (SSSR count). The molecular formula is C22H30F2O5. The second-order valence-corrected chi connectivity index (χ2v) is 7.75. The molecule has 2 N–H and O–H groups in total. The number of rotatable bonds is 10. The Labute approximate surface area is 170 Å².